The molecule has 4 heteroatoms. The molecule has 1 aromatic rings. The van der Waals surface area contributed by atoms with Gasteiger partial charge in [-0.15, -0.1) is 12.4 Å². The molecule has 132 valence electrons. The van der Waals surface area contributed by atoms with Gasteiger partial charge in [-0.2, -0.15) is 0 Å². The number of nitrogens with zero attached hydrogens (tertiary/aromatic N) is 1. The highest BCUT2D eigenvalue weighted by atomic mass is 35.5. The fourth-order valence-electron chi connectivity index (χ4n) is 4.87. The molecule has 1 amide bonds. The zero-order valence-corrected chi connectivity index (χ0v) is 15.2. The first kappa shape index (κ1) is 17.8. The van der Waals surface area contributed by atoms with E-state index in [1.165, 1.54) is 43.4 Å². The number of hydrogen-bond donors (Lipinski definition) is 1. The summed E-state index contributed by atoms with van der Waals surface area (Å²) in [5, 5.41) is 3.64. The largest absolute Gasteiger partial charge is 0.342 e. The van der Waals surface area contributed by atoms with Crippen molar-refractivity contribution in [2.75, 3.05) is 19.6 Å². The minimum absolute atomic E-state index is 0. The molecule has 2 fully saturated rings. The molecule has 1 aliphatic carbocycles. The summed E-state index contributed by atoms with van der Waals surface area (Å²) >= 11 is 0. The predicted molar refractivity (Wildman–Crippen MR) is 99.7 cm³/mol. The van der Waals surface area contributed by atoms with Crippen LogP contribution in [0.25, 0.3) is 0 Å². The van der Waals surface area contributed by atoms with Crippen LogP contribution < -0.4 is 5.32 Å². The topological polar surface area (TPSA) is 32.3 Å². The molecule has 3 aliphatic rings. The number of amides is 1. The molecule has 2 aliphatic heterocycles. The molecule has 0 radical (unpaired) electrons. The lowest BCUT2D eigenvalue weighted by Crippen LogP contribution is -2.45. The summed E-state index contributed by atoms with van der Waals surface area (Å²) in [6.07, 6.45) is 8.32. The minimum Gasteiger partial charge on any atom is -0.342 e. The van der Waals surface area contributed by atoms with Crippen LogP contribution in [-0.2, 0) is 11.2 Å². The van der Waals surface area contributed by atoms with Crippen LogP contribution in [0.3, 0.4) is 0 Å². The van der Waals surface area contributed by atoms with Crippen LogP contribution in [0.15, 0.2) is 24.3 Å². The van der Waals surface area contributed by atoms with E-state index < -0.39 is 0 Å². The Kier molecular flexibility index (Phi) is 5.83. The Morgan fingerprint density at radius 3 is 2.58 bits per heavy atom. The summed E-state index contributed by atoms with van der Waals surface area (Å²) in [5.74, 6) is 1.27. The molecule has 2 saturated heterocycles. The van der Waals surface area contributed by atoms with Crippen molar-refractivity contribution in [2.24, 2.45) is 5.92 Å². The molecule has 0 bridgehead atoms. The van der Waals surface area contributed by atoms with Gasteiger partial charge in [0, 0.05) is 19.1 Å². The first-order valence-corrected chi connectivity index (χ1v) is 9.43. The smallest absolute Gasteiger partial charge is 0.230 e. The maximum absolute atomic E-state index is 13.1. The van der Waals surface area contributed by atoms with E-state index in [0.717, 1.165) is 38.3 Å². The van der Waals surface area contributed by atoms with E-state index in [1.54, 1.807) is 0 Å². The van der Waals surface area contributed by atoms with Crippen LogP contribution >= 0.6 is 12.4 Å². The van der Waals surface area contributed by atoms with Crippen LogP contribution in [-0.4, -0.2) is 36.5 Å². The summed E-state index contributed by atoms with van der Waals surface area (Å²) < 4.78 is 0. The summed E-state index contributed by atoms with van der Waals surface area (Å²) in [5.41, 5.74) is 2.69. The highest BCUT2D eigenvalue weighted by Gasteiger charge is 2.34. The molecule has 0 aromatic heterocycles. The standard InChI is InChI=1S/C20H28N2O.ClH/c23-20(18-8-3-6-15-5-1-2-7-17(15)18)22-13-10-16(11-14-22)19-9-4-12-21-19;/h1-2,5,7,16,18-19,21H,3-4,6,8-14H2;1H. The van der Waals surface area contributed by atoms with E-state index in [0.29, 0.717) is 11.9 Å². The van der Waals surface area contributed by atoms with Crippen LogP contribution in [0.1, 0.15) is 55.6 Å². The van der Waals surface area contributed by atoms with Crippen LogP contribution in [0.4, 0.5) is 0 Å². The highest BCUT2D eigenvalue weighted by Crippen LogP contribution is 2.34. The van der Waals surface area contributed by atoms with E-state index in [2.05, 4.69) is 34.5 Å². The van der Waals surface area contributed by atoms with Gasteiger partial charge in [-0.3, -0.25) is 4.79 Å². The Balaban J connectivity index is 0.00000169. The molecule has 2 unspecified atom stereocenters. The molecule has 2 heterocycles. The molecular formula is C20H29ClN2O. The van der Waals surface area contributed by atoms with E-state index in [1.807, 2.05) is 0 Å². The van der Waals surface area contributed by atoms with E-state index in [4.69, 9.17) is 0 Å². The molecule has 4 rings (SSSR count). The number of nitrogens with one attached hydrogen (secondary N) is 1. The lowest BCUT2D eigenvalue weighted by molar-refractivity contribution is -0.134. The number of aryl methyl sites for hydroxylation is 1. The predicted octanol–water partition coefficient (Wildman–Crippen LogP) is 3.52. The van der Waals surface area contributed by atoms with Crippen molar-refractivity contribution in [1.29, 1.82) is 0 Å². The van der Waals surface area contributed by atoms with Crippen molar-refractivity contribution in [1.82, 2.24) is 10.2 Å². The second-order valence-electron chi connectivity index (χ2n) is 7.51. The van der Waals surface area contributed by atoms with Crippen molar-refractivity contribution >= 4 is 18.3 Å². The van der Waals surface area contributed by atoms with Crippen LogP contribution in [0.5, 0.6) is 0 Å². The summed E-state index contributed by atoms with van der Waals surface area (Å²) in [4.78, 5) is 15.2. The second-order valence-corrected chi connectivity index (χ2v) is 7.51. The number of likely N-dealkylation sites (tertiary alicyclic amines) is 1. The molecule has 0 saturated carbocycles. The van der Waals surface area contributed by atoms with Gasteiger partial charge in [0.25, 0.3) is 0 Å². The number of benzene rings is 1. The van der Waals surface area contributed by atoms with Gasteiger partial charge >= 0.3 is 0 Å². The Hall–Kier alpha value is -1.06. The van der Waals surface area contributed by atoms with Crippen molar-refractivity contribution in [3.05, 3.63) is 35.4 Å². The quantitative estimate of drug-likeness (QED) is 0.886. The van der Waals surface area contributed by atoms with Gasteiger partial charge in [0.2, 0.25) is 5.91 Å². The number of fused-ring (bicyclic) bond motifs is 1. The van der Waals surface area contributed by atoms with Crippen molar-refractivity contribution in [3.8, 4) is 0 Å². The molecule has 2 atom stereocenters. The highest BCUT2D eigenvalue weighted by molar-refractivity contribution is 5.85. The Bertz CT molecular complexity index is 563. The monoisotopic (exact) mass is 348 g/mol. The molecule has 0 spiro atoms. The first-order valence-electron chi connectivity index (χ1n) is 9.43. The number of halogens is 1. The van der Waals surface area contributed by atoms with Gasteiger partial charge in [0.15, 0.2) is 0 Å². The van der Waals surface area contributed by atoms with Gasteiger partial charge < -0.3 is 10.2 Å². The summed E-state index contributed by atoms with van der Waals surface area (Å²) in [7, 11) is 0. The number of hydrogen-bond acceptors (Lipinski definition) is 2. The zero-order valence-electron chi connectivity index (χ0n) is 14.4. The minimum atomic E-state index is 0. The summed E-state index contributed by atoms with van der Waals surface area (Å²) in [6, 6.07) is 9.27. The van der Waals surface area contributed by atoms with Gasteiger partial charge in [0.1, 0.15) is 0 Å². The third kappa shape index (κ3) is 3.48. The maximum atomic E-state index is 13.1. The van der Waals surface area contributed by atoms with E-state index in [9.17, 15) is 4.79 Å². The average molecular weight is 349 g/mol. The number of carbonyl (C=O) groups is 1. The van der Waals surface area contributed by atoms with Gasteiger partial charge in [-0.25, -0.2) is 0 Å². The number of piperidine rings is 1. The molecule has 3 nitrogen and oxygen atoms in total. The van der Waals surface area contributed by atoms with E-state index in [-0.39, 0.29) is 18.3 Å². The third-order valence-corrected chi connectivity index (χ3v) is 6.19. The first-order chi connectivity index (χ1) is 11.3. The maximum Gasteiger partial charge on any atom is 0.230 e. The fraction of sp³-hybridized carbons (Fsp3) is 0.650. The Labute approximate surface area is 151 Å². The molecule has 24 heavy (non-hydrogen) atoms. The van der Waals surface area contributed by atoms with Crippen molar-refractivity contribution in [3.63, 3.8) is 0 Å². The van der Waals surface area contributed by atoms with Gasteiger partial charge in [0.05, 0.1) is 5.92 Å². The third-order valence-electron chi connectivity index (χ3n) is 6.19. The van der Waals surface area contributed by atoms with Gasteiger partial charge in [-0.1, -0.05) is 24.3 Å². The van der Waals surface area contributed by atoms with Crippen molar-refractivity contribution < 1.29 is 4.79 Å². The molecule has 1 N–H and O–H groups in total. The number of carbonyl (C=O) groups excluding carboxylic acids is 1. The van der Waals surface area contributed by atoms with Crippen LogP contribution in [0.2, 0.25) is 0 Å². The second kappa shape index (κ2) is 7.88. The normalized spacial score (nSPS) is 27.4. The molecule has 1 aromatic carbocycles. The fourth-order valence-corrected chi connectivity index (χ4v) is 4.87. The van der Waals surface area contributed by atoms with Crippen molar-refractivity contribution in [2.45, 2.75) is 56.9 Å². The van der Waals surface area contributed by atoms with Gasteiger partial charge in [-0.05, 0) is 68.5 Å². The molecular weight excluding hydrogens is 320 g/mol. The average Bonchev–Trinajstić information content (AvgIpc) is 3.15. The lowest BCUT2D eigenvalue weighted by atomic mass is 9.81. The lowest BCUT2D eigenvalue weighted by Gasteiger charge is -2.37. The SMILES string of the molecule is Cl.O=C(C1CCCc2ccccc21)N1CCC(C2CCCN2)CC1. The Morgan fingerprint density at radius 1 is 1.04 bits per heavy atom. The Morgan fingerprint density at radius 2 is 1.83 bits per heavy atom. The van der Waals surface area contributed by atoms with E-state index >= 15 is 0 Å². The zero-order chi connectivity index (χ0) is 15.6. The number of rotatable bonds is 2. The summed E-state index contributed by atoms with van der Waals surface area (Å²) in [6.45, 7) is 3.10. The van der Waals surface area contributed by atoms with Crippen LogP contribution in [0, 0.1) is 5.92 Å².